The zero-order chi connectivity index (χ0) is 23.2. The number of aryl methyl sites for hydroxylation is 1. The summed E-state index contributed by atoms with van der Waals surface area (Å²) in [6, 6.07) is 6.80. The number of fused-ring (bicyclic) bond motifs is 1. The van der Waals surface area contributed by atoms with Crippen LogP contribution in [0.25, 0.3) is 11.0 Å². The van der Waals surface area contributed by atoms with Crippen molar-refractivity contribution in [2.45, 2.75) is 32.2 Å². The molecular formula is C23H28N6O4. The Hall–Kier alpha value is -3.58. The molecule has 33 heavy (non-hydrogen) atoms. The van der Waals surface area contributed by atoms with Crippen molar-refractivity contribution in [1.82, 2.24) is 15.1 Å². The molecule has 2 aliphatic heterocycles. The summed E-state index contributed by atoms with van der Waals surface area (Å²) in [5, 5.41) is 15.8. The molecule has 1 unspecified atom stereocenters. The summed E-state index contributed by atoms with van der Waals surface area (Å²) in [6.07, 6.45) is 4.04. The molecule has 174 valence electrons. The Balaban J connectivity index is 1.48. The van der Waals surface area contributed by atoms with Crippen LogP contribution in [0.1, 0.15) is 25.0 Å². The van der Waals surface area contributed by atoms with Crippen LogP contribution in [0.5, 0.6) is 0 Å². The molecule has 3 heterocycles. The van der Waals surface area contributed by atoms with Crippen molar-refractivity contribution in [2.75, 3.05) is 44.7 Å². The number of anilines is 1. The van der Waals surface area contributed by atoms with Gasteiger partial charge in [0.25, 0.3) is 0 Å². The van der Waals surface area contributed by atoms with Crippen molar-refractivity contribution in [3.63, 3.8) is 0 Å². The van der Waals surface area contributed by atoms with Gasteiger partial charge in [-0.15, -0.1) is 0 Å². The highest BCUT2D eigenvalue weighted by atomic mass is 16.5. The van der Waals surface area contributed by atoms with Gasteiger partial charge in [0.2, 0.25) is 17.8 Å². The maximum Gasteiger partial charge on any atom is 0.247 e. The Bertz CT molecular complexity index is 1080. The minimum absolute atomic E-state index is 0.0375. The minimum Gasteiger partial charge on any atom is -0.461 e. The molecule has 10 nitrogen and oxygen atoms in total. The summed E-state index contributed by atoms with van der Waals surface area (Å²) in [5.41, 5.74) is 1.48. The number of carbonyl (C=O) groups excluding carboxylic acids is 2. The molecule has 2 aliphatic rings. The van der Waals surface area contributed by atoms with E-state index < -0.39 is 6.04 Å². The van der Waals surface area contributed by atoms with Crippen molar-refractivity contribution in [3.8, 4) is 6.19 Å². The lowest BCUT2D eigenvalue weighted by Crippen LogP contribution is -2.48. The number of furan rings is 1. The number of rotatable bonds is 4. The number of benzene rings is 1. The van der Waals surface area contributed by atoms with Gasteiger partial charge in [0.15, 0.2) is 6.19 Å². The van der Waals surface area contributed by atoms with Crippen LogP contribution in [0.15, 0.2) is 33.7 Å². The second-order valence-electron chi connectivity index (χ2n) is 8.21. The van der Waals surface area contributed by atoms with Gasteiger partial charge in [0, 0.05) is 30.7 Å². The number of hydrogen-bond donors (Lipinski definition) is 2. The van der Waals surface area contributed by atoms with Gasteiger partial charge in [-0.3, -0.25) is 14.9 Å². The first-order valence-corrected chi connectivity index (χ1v) is 11.2. The number of nitrogens with one attached hydrogen (secondary N) is 2. The van der Waals surface area contributed by atoms with E-state index in [1.807, 2.05) is 37.4 Å². The fourth-order valence-corrected chi connectivity index (χ4v) is 4.13. The molecule has 0 radical (unpaired) electrons. The number of nitrogens with zero attached hydrogens (tertiary/aromatic N) is 4. The van der Waals surface area contributed by atoms with E-state index >= 15 is 0 Å². The van der Waals surface area contributed by atoms with E-state index in [2.05, 4.69) is 15.6 Å². The summed E-state index contributed by atoms with van der Waals surface area (Å²) in [5.74, 6) is 0.723. The zero-order valence-electron chi connectivity index (χ0n) is 18.7. The van der Waals surface area contributed by atoms with Gasteiger partial charge < -0.3 is 24.3 Å². The van der Waals surface area contributed by atoms with E-state index in [-0.39, 0.29) is 24.3 Å². The number of amides is 2. The SMILES string of the molecule is Cc1cc2cc(NC(=NC3CCCCN(CC(=O)N4CCOCC4)C3=O)NC#N)ccc2o1. The molecule has 2 saturated heterocycles. The zero-order valence-corrected chi connectivity index (χ0v) is 18.7. The summed E-state index contributed by atoms with van der Waals surface area (Å²) in [6.45, 7) is 4.57. The predicted octanol–water partition coefficient (Wildman–Crippen LogP) is 1.82. The number of ether oxygens (including phenoxy) is 1. The first kappa shape index (κ1) is 22.6. The first-order chi connectivity index (χ1) is 16.0. The van der Waals surface area contributed by atoms with Gasteiger partial charge in [-0.05, 0) is 50.5 Å². The van der Waals surface area contributed by atoms with Crippen molar-refractivity contribution in [1.29, 1.82) is 5.26 Å². The maximum absolute atomic E-state index is 13.2. The van der Waals surface area contributed by atoms with E-state index in [9.17, 15) is 14.9 Å². The van der Waals surface area contributed by atoms with Gasteiger partial charge in [0.05, 0.1) is 19.8 Å². The largest absolute Gasteiger partial charge is 0.461 e. The van der Waals surface area contributed by atoms with Gasteiger partial charge >= 0.3 is 0 Å². The van der Waals surface area contributed by atoms with Gasteiger partial charge in [-0.1, -0.05) is 0 Å². The van der Waals surface area contributed by atoms with Crippen molar-refractivity contribution in [2.24, 2.45) is 4.99 Å². The molecule has 0 saturated carbocycles. The lowest BCUT2D eigenvalue weighted by Gasteiger charge is -2.30. The lowest BCUT2D eigenvalue weighted by molar-refractivity contribution is -0.143. The highest BCUT2D eigenvalue weighted by Crippen LogP contribution is 2.23. The molecule has 0 aliphatic carbocycles. The normalized spacial score (nSPS) is 19.8. The molecule has 2 amide bonds. The topological polar surface area (TPSA) is 123 Å². The Labute approximate surface area is 192 Å². The Kier molecular flexibility index (Phi) is 7.10. The van der Waals surface area contributed by atoms with E-state index in [4.69, 9.17) is 9.15 Å². The predicted molar refractivity (Wildman–Crippen MR) is 122 cm³/mol. The summed E-state index contributed by atoms with van der Waals surface area (Å²) in [4.78, 5) is 33.7. The van der Waals surface area contributed by atoms with Crippen LogP contribution in [0.3, 0.4) is 0 Å². The number of hydrogen-bond acceptors (Lipinski definition) is 6. The number of aliphatic imine (C=N–C) groups is 1. The fourth-order valence-electron chi connectivity index (χ4n) is 4.13. The summed E-state index contributed by atoms with van der Waals surface area (Å²) in [7, 11) is 0. The third-order valence-corrected chi connectivity index (χ3v) is 5.80. The molecule has 2 N–H and O–H groups in total. The van der Waals surface area contributed by atoms with Crippen molar-refractivity contribution < 1.29 is 18.7 Å². The monoisotopic (exact) mass is 452 g/mol. The summed E-state index contributed by atoms with van der Waals surface area (Å²) < 4.78 is 10.9. The average molecular weight is 453 g/mol. The van der Waals surface area contributed by atoms with Crippen LogP contribution in [0.4, 0.5) is 5.69 Å². The van der Waals surface area contributed by atoms with E-state index in [0.29, 0.717) is 45.0 Å². The quantitative estimate of drug-likeness (QED) is 0.314. The van der Waals surface area contributed by atoms with Crippen LogP contribution in [-0.2, 0) is 14.3 Å². The van der Waals surface area contributed by atoms with E-state index in [1.54, 1.807) is 9.80 Å². The Morgan fingerprint density at radius 1 is 1.24 bits per heavy atom. The van der Waals surface area contributed by atoms with Crippen molar-refractivity contribution >= 4 is 34.4 Å². The highest BCUT2D eigenvalue weighted by Gasteiger charge is 2.30. The lowest BCUT2D eigenvalue weighted by atomic mass is 10.1. The Morgan fingerprint density at radius 2 is 2.06 bits per heavy atom. The van der Waals surface area contributed by atoms with Gasteiger partial charge in [-0.25, -0.2) is 4.99 Å². The standard InChI is InChI=1S/C23H28N6O4/c1-16-12-17-13-18(5-6-20(17)33-16)26-23(25-15-24)27-19-4-2-3-7-29(22(19)31)14-21(30)28-8-10-32-11-9-28/h5-6,12-13,19H,2-4,7-11,14H2,1H3,(H2,25,26,27). The number of likely N-dealkylation sites (tertiary alicyclic amines) is 1. The van der Waals surface area contributed by atoms with Crippen LogP contribution in [0.2, 0.25) is 0 Å². The second kappa shape index (κ2) is 10.4. The first-order valence-electron chi connectivity index (χ1n) is 11.2. The van der Waals surface area contributed by atoms with Crippen LogP contribution in [0, 0.1) is 18.4 Å². The van der Waals surface area contributed by atoms with Gasteiger partial charge in [0.1, 0.15) is 17.4 Å². The Morgan fingerprint density at radius 3 is 2.85 bits per heavy atom. The average Bonchev–Trinajstić information content (AvgIpc) is 3.10. The smallest absolute Gasteiger partial charge is 0.247 e. The van der Waals surface area contributed by atoms with Crippen LogP contribution in [-0.4, -0.2) is 73.0 Å². The molecule has 2 aromatic rings. The molecule has 0 spiro atoms. The fraction of sp³-hybridized carbons (Fsp3) is 0.478. The number of guanidine groups is 1. The number of morpholine rings is 1. The summed E-state index contributed by atoms with van der Waals surface area (Å²) >= 11 is 0. The molecule has 0 bridgehead atoms. The van der Waals surface area contributed by atoms with E-state index in [1.165, 1.54) is 0 Å². The van der Waals surface area contributed by atoms with Crippen LogP contribution >= 0.6 is 0 Å². The molecule has 1 atom stereocenters. The molecule has 10 heteroatoms. The second-order valence-corrected chi connectivity index (χ2v) is 8.21. The molecule has 1 aromatic carbocycles. The number of nitriles is 1. The molecule has 4 rings (SSSR count). The third kappa shape index (κ3) is 5.62. The third-order valence-electron chi connectivity index (χ3n) is 5.80. The minimum atomic E-state index is -0.673. The maximum atomic E-state index is 13.2. The number of carbonyl (C=O) groups is 2. The van der Waals surface area contributed by atoms with Crippen LogP contribution < -0.4 is 10.6 Å². The molecule has 2 fully saturated rings. The van der Waals surface area contributed by atoms with Gasteiger partial charge in [-0.2, -0.15) is 5.26 Å². The highest BCUT2D eigenvalue weighted by molar-refractivity contribution is 5.98. The van der Waals surface area contributed by atoms with E-state index in [0.717, 1.165) is 29.6 Å². The van der Waals surface area contributed by atoms with Crippen molar-refractivity contribution in [3.05, 3.63) is 30.0 Å². The molecule has 1 aromatic heterocycles. The molecular weight excluding hydrogens is 424 g/mol.